The Labute approximate surface area is 220 Å². The molecule has 3 aromatic rings. The highest BCUT2D eigenvalue weighted by atomic mass is 19.3. The summed E-state index contributed by atoms with van der Waals surface area (Å²) in [6.45, 7) is 3.89. The minimum atomic E-state index is -2.94. The van der Waals surface area contributed by atoms with Crippen LogP contribution in [0.4, 0.5) is 8.78 Å². The van der Waals surface area contributed by atoms with Gasteiger partial charge in [-0.2, -0.15) is 8.78 Å². The molecule has 2 N–H and O–H groups in total. The summed E-state index contributed by atoms with van der Waals surface area (Å²) >= 11 is 0. The molecule has 1 amide bonds. The number of hydrogen-bond acceptors (Lipinski definition) is 7. The molecule has 1 saturated heterocycles. The number of alkyl halides is 2. The molecule has 0 bridgehead atoms. The average molecular weight is 533 g/mol. The van der Waals surface area contributed by atoms with Crippen LogP contribution < -0.4 is 14.8 Å². The third-order valence-electron chi connectivity index (χ3n) is 6.70. The Bertz CT molecular complexity index is 1240. The zero-order valence-corrected chi connectivity index (χ0v) is 21.8. The molecule has 11 heteroatoms. The number of pyridine rings is 1. The minimum Gasteiger partial charge on any atom is -0.496 e. The van der Waals surface area contributed by atoms with Crippen LogP contribution in [0.1, 0.15) is 30.9 Å². The number of methoxy groups -OCH3 is 1. The van der Waals surface area contributed by atoms with Crippen molar-refractivity contribution in [3.8, 4) is 22.8 Å². The van der Waals surface area contributed by atoms with Gasteiger partial charge in [-0.3, -0.25) is 14.1 Å². The number of morpholine rings is 1. The van der Waals surface area contributed by atoms with E-state index in [0.717, 1.165) is 25.1 Å². The van der Waals surface area contributed by atoms with E-state index in [4.69, 9.17) is 9.47 Å². The number of aromatic nitrogens is 2. The molecule has 0 radical (unpaired) electrons. The first-order valence-corrected chi connectivity index (χ1v) is 12.6. The summed E-state index contributed by atoms with van der Waals surface area (Å²) in [6, 6.07) is 7.53. The van der Waals surface area contributed by atoms with Crippen LogP contribution in [0.2, 0.25) is 0 Å². The second-order valence-electron chi connectivity index (χ2n) is 9.69. The average Bonchev–Trinajstić information content (AvgIpc) is 3.61. The molecule has 1 atom stereocenters. The summed E-state index contributed by atoms with van der Waals surface area (Å²) in [5, 5.41) is 13.8. The van der Waals surface area contributed by atoms with Crippen LogP contribution in [0, 0.1) is 6.92 Å². The topological polar surface area (TPSA) is 97.6 Å². The number of nitrogens with one attached hydrogen (secondary N) is 1. The van der Waals surface area contributed by atoms with Crippen molar-refractivity contribution in [2.24, 2.45) is 0 Å². The molecule has 2 aliphatic rings. The summed E-state index contributed by atoms with van der Waals surface area (Å²) < 4.78 is 43.0. The van der Waals surface area contributed by atoms with Gasteiger partial charge in [0.1, 0.15) is 17.1 Å². The van der Waals surface area contributed by atoms with Crippen molar-refractivity contribution >= 4 is 12.1 Å². The Morgan fingerprint density at radius 2 is 1.97 bits per heavy atom. The number of benzene rings is 1. The van der Waals surface area contributed by atoms with Gasteiger partial charge in [0.05, 0.1) is 37.8 Å². The Morgan fingerprint density at radius 3 is 2.58 bits per heavy atom. The van der Waals surface area contributed by atoms with Gasteiger partial charge in [-0.1, -0.05) is 0 Å². The van der Waals surface area contributed by atoms with Gasteiger partial charge in [-0.25, -0.2) is 4.98 Å². The zero-order valence-electron chi connectivity index (χ0n) is 21.8. The lowest BCUT2D eigenvalue weighted by atomic mass is 9.96. The normalized spacial score (nSPS) is 17.4. The number of carbonyl (C=O) groups is 1. The predicted octanol–water partition coefficient (Wildman–Crippen LogP) is 3.35. The smallest absolute Gasteiger partial charge is 0.387 e. The second kappa shape index (κ2) is 12.1. The maximum Gasteiger partial charge on any atom is 0.387 e. The maximum absolute atomic E-state index is 12.9. The Balaban J connectivity index is 0.000000494. The molecule has 1 saturated carbocycles. The lowest BCUT2D eigenvalue weighted by molar-refractivity contribution is -0.109. The van der Waals surface area contributed by atoms with E-state index in [1.165, 1.54) is 20.0 Å². The van der Waals surface area contributed by atoms with Gasteiger partial charge < -0.3 is 24.6 Å². The number of amides is 1. The van der Waals surface area contributed by atoms with E-state index in [1.54, 1.807) is 32.2 Å². The molecule has 1 unspecified atom stereocenters. The number of rotatable bonds is 9. The number of imidazole rings is 1. The molecule has 0 spiro atoms. The van der Waals surface area contributed by atoms with Crippen LogP contribution in [-0.2, 0) is 15.1 Å². The molecule has 9 nitrogen and oxygen atoms in total. The molecule has 1 aromatic carbocycles. The number of halogens is 2. The SMILES string of the molecule is COc1cc(-c2cnc3cc(C(C)(O)CN4CCOCC4)ccn23)cc(OC(F)F)c1C.O=CNC1CC1. The molecule has 1 aliphatic heterocycles. The molecule has 5 rings (SSSR count). The third-order valence-corrected chi connectivity index (χ3v) is 6.70. The highest BCUT2D eigenvalue weighted by Crippen LogP contribution is 2.36. The zero-order chi connectivity index (χ0) is 27.3. The van der Waals surface area contributed by atoms with Crippen molar-refractivity contribution in [2.45, 2.75) is 44.9 Å². The minimum absolute atomic E-state index is 0.0503. The number of nitrogens with zero attached hydrogens (tertiary/aromatic N) is 3. The number of ether oxygens (including phenoxy) is 3. The number of fused-ring (bicyclic) bond motifs is 1. The fourth-order valence-corrected chi connectivity index (χ4v) is 4.40. The van der Waals surface area contributed by atoms with Gasteiger partial charge in [-0.15, -0.1) is 0 Å². The molecule has 3 heterocycles. The van der Waals surface area contributed by atoms with Gasteiger partial charge in [0.25, 0.3) is 0 Å². The Kier molecular flexibility index (Phi) is 8.80. The molecule has 2 aromatic heterocycles. The van der Waals surface area contributed by atoms with E-state index < -0.39 is 12.2 Å². The van der Waals surface area contributed by atoms with Gasteiger partial charge >= 0.3 is 6.61 Å². The molecule has 38 heavy (non-hydrogen) atoms. The van der Waals surface area contributed by atoms with Gasteiger partial charge in [0, 0.05) is 43.0 Å². The number of aliphatic hydroxyl groups is 1. The standard InChI is InChI=1S/C23H27F2N3O4.C4H7NO/c1-15-19(30-3)10-16(11-20(15)32-22(24)25)18-13-26-21-12-17(4-5-28(18)21)23(2,29)14-27-6-8-31-9-7-27;6-3-5-4-1-2-4/h4-5,10-13,22,29H,6-9,14H2,1-3H3;3-4H,1-2H2,(H,5,6). The van der Waals surface area contributed by atoms with E-state index in [9.17, 15) is 18.7 Å². The summed E-state index contributed by atoms with van der Waals surface area (Å²) in [6.07, 6.45) is 6.60. The summed E-state index contributed by atoms with van der Waals surface area (Å²) in [5.74, 6) is 0.493. The van der Waals surface area contributed by atoms with Crippen LogP contribution in [0.25, 0.3) is 16.9 Å². The van der Waals surface area contributed by atoms with E-state index >= 15 is 0 Å². The quantitative estimate of drug-likeness (QED) is 0.408. The second-order valence-corrected chi connectivity index (χ2v) is 9.69. The largest absolute Gasteiger partial charge is 0.496 e. The molecular formula is C27H34F2N4O5. The predicted molar refractivity (Wildman–Crippen MR) is 138 cm³/mol. The van der Waals surface area contributed by atoms with Crippen molar-refractivity contribution in [1.29, 1.82) is 0 Å². The molecular weight excluding hydrogens is 498 g/mol. The summed E-state index contributed by atoms with van der Waals surface area (Å²) in [5.41, 5.74) is 2.14. The highest BCUT2D eigenvalue weighted by Gasteiger charge is 2.28. The first-order valence-electron chi connectivity index (χ1n) is 12.6. The number of carbonyl (C=O) groups excluding carboxylic acids is 1. The first-order chi connectivity index (χ1) is 18.2. The van der Waals surface area contributed by atoms with Crippen LogP contribution in [0.5, 0.6) is 11.5 Å². The number of β-amino-alcohol motifs (C(OH)–C–C–N with tert-alkyl or cyclic N) is 1. The molecule has 206 valence electrons. The van der Waals surface area contributed by atoms with Crippen molar-refractivity contribution in [2.75, 3.05) is 40.0 Å². The summed E-state index contributed by atoms with van der Waals surface area (Å²) in [7, 11) is 1.48. The van der Waals surface area contributed by atoms with Crippen LogP contribution >= 0.6 is 0 Å². The van der Waals surface area contributed by atoms with Crippen molar-refractivity contribution in [3.05, 3.63) is 47.8 Å². The fraction of sp³-hybridized carbons (Fsp3) is 0.481. The van der Waals surface area contributed by atoms with Gasteiger partial charge in [-0.05, 0) is 56.5 Å². The van der Waals surface area contributed by atoms with Crippen LogP contribution in [-0.4, -0.2) is 78.4 Å². The Morgan fingerprint density at radius 1 is 1.26 bits per heavy atom. The van der Waals surface area contributed by atoms with E-state index in [0.29, 0.717) is 54.0 Å². The fourth-order valence-electron chi connectivity index (χ4n) is 4.40. The van der Waals surface area contributed by atoms with E-state index in [1.807, 2.05) is 22.7 Å². The summed E-state index contributed by atoms with van der Waals surface area (Å²) in [4.78, 5) is 16.2. The van der Waals surface area contributed by atoms with E-state index in [-0.39, 0.29) is 5.75 Å². The highest BCUT2D eigenvalue weighted by molar-refractivity contribution is 5.69. The lowest BCUT2D eigenvalue weighted by Gasteiger charge is -2.34. The number of hydrogen-bond donors (Lipinski definition) is 2. The molecule has 2 fully saturated rings. The lowest BCUT2D eigenvalue weighted by Crippen LogP contribution is -2.44. The van der Waals surface area contributed by atoms with E-state index in [2.05, 4.69) is 19.9 Å². The monoisotopic (exact) mass is 532 g/mol. The maximum atomic E-state index is 12.9. The Hall–Kier alpha value is -3.28. The molecule has 1 aliphatic carbocycles. The van der Waals surface area contributed by atoms with Gasteiger partial charge in [0.15, 0.2) is 0 Å². The van der Waals surface area contributed by atoms with Crippen molar-refractivity contribution in [1.82, 2.24) is 19.6 Å². The van der Waals surface area contributed by atoms with Crippen LogP contribution in [0.15, 0.2) is 36.7 Å². The first kappa shape index (κ1) is 27.7. The third kappa shape index (κ3) is 6.77. The van der Waals surface area contributed by atoms with Gasteiger partial charge in [0.2, 0.25) is 6.41 Å². The van der Waals surface area contributed by atoms with Crippen LogP contribution in [0.3, 0.4) is 0 Å². The van der Waals surface area contributed by atoms with Crippen molar-refractivity contribution < 1.29 is 32.9 Å². The van der Waals surface area contributed by atoms with Crippen molar-refractivity contribution in [3.63, 3.8) is 0 Å².